The van der Waals surface area contributed by atoms with Crippen LogP contribution in [0.1, 0.15) is 39.0 Å². The van der Waals surface area contributed by atoms with Crippen molar-refractivity contribution in [2.45, 2.75) is 44.3 Å². The predicted octanol–water partition coefficient (Wildman–Crippen LogP) is 4.29. The first-order chi connectivity index (χ1) is 14.3. The third kappa shape index (κ3) is 5.06. The van der Waals surface area contributed by atoms with E-state index in [4.69, 9.17) is 4.37 Å². The van der Waals surface area contributed by atoms with Gasteiger partial charge in [0.25, 0.3) is 0 Å². The molecule has 0 saturated carbocycles. The van der Waals surface area contributed by atoms with Crippen LogP contribution >= 0.6 is 23.3 Å². The van der Waals surface area contributed by atoms with Gasteiger partial charge in [-0.15, -0.1) is 11.8 Å². The van der Waals surface area contributed by atoms with Gasteiger partial charge in [0.1, 0.15) is 5.82 Å². The Morgan fingerprint density at radius 3 is 2.69 bits per heavy atom. The second-order valence-corrected chi connectivity index (χ2v) is 10.0. The summed E-state index contributed by atoms with van der Waals surface area (Å²) >= 11 is 3.44. The second kappa shape index (κ2) is 10.1. The van der Waals surface area contributed by atoms with Crippen LogP contribution in [-0.2, 0) is 4.79 Å². The van der Waals surface area contributed by atoms with Gasteiger partial charge in [-0.25, -0.2) is 0 Å². The maximum Gasteiger partial charge on any atom is 0.236 e. The molecule has 7 heteroatoms. The summed E-state index contributed by atoms with van der Waals surface area (Å²) in [6.45, 7) is 8.56. The van der Waals surface area contributed by atoms with Gasteiger partial charge in [-0.05, 0) is 49.5 Å². The molecule has 0 spiro atoms. The van der Waals surface area contributed by atoms with Crippen molar-refractivity contribution < 1.29 is 4.79 Å². The molecule has 0 bridgehead atoms. The SMILES string of the molecule is CCCCC1SCN(CCCCN2CCN(c3nsc4ccccc34)CC2)C1=O. The number of piperazine rings is 1. The summed E-state index contributed by atoms with van der Waals surface area (Å²) in [6.07, 6.45) is 5.68. The fraction of sp³-hybridized carbons (Fsp3) is 0.636. The maximum atomic E-state index is 12.4. The van der Waals surface area contributed by atoms with E-state index in [2.05, 4.69) is 45.9 Å². The zero-order chi connectivity index (χ0) is 20.1. The van der Waals surface area contributed by atoms with Crippen molar-refractivity contribution in [2.24, 2.45) is 0 Å². The van der Waals surface area contributed by atoms with Crippen LogP contribution in [0.15, 0.2) is 24.3 Å². The second-order valence-electron chi connectivity index (χ2n) is 8.07. The molecule has 2 aliphatic heterocycles. The molecule has 1 aromatic heterocycles. The lowest BCUT2D eigenvalue weighted by Crippen LogP contribution is -2.46. The first kappa shape index (κ1) is 20.9. The molecule has 0 aliphatic carbocycles. The molecule has 3 heterocycles. The Hall–Kier alpha value is -1.31. The van der Waals surface area contributed by atoms with Gasteiger partial charge in [0, 0.05) is 38.1 Å². The third-order valence-electron chi connectivity index (χ3n) is 6.02. The van der Waals surface area contributed by atoms with E-state index in [1.54, 1.807) is 11.5 Å². The number of aromatic nitrogens is 1. The minimum Gasteiger partial charge on any atom is -0.353 e. The quantitative estimate of drug-likeness (QED) is 0.553. The van der Waals surface area contributed by atoms with Gasteiger partial charge in [-0.2, -0.15) is 4.37 Å². The van der Waals surface area contributed by atoms with Crippen LogP contribution in [0.5, 0.6) is 0 Å². The van der Waals surface area contributed by atoms with Gasteiger partial charge in [-0.3, -0.25) is 9.69 Å². The number of carbonyl (C=O) groups excluding carboxylic acids is 1. The highest BCUT2D eigenvalue weighted by atomic mass is 32.2. The molecule has 158 valence electrons. The standard InChI is InChI=1S/C22H32N4OS2/c1-2-3-9-20-22(27)26(17-28-20)12-7-6-11-24-13-15-25(16-14-24)21-18-8-4-5-10-19(18)29-23-21/h4-5,8,10,20H,2-3,6-7,9,11-17H2,1H3. The molecule has 2 aliphatic rings. The number of carbonyl (C=O) groups is 1. The van der Waals surface area contributed by atoms with Gasteiger partial charge in [-0.1, -0.05) is 31.9 Å². The number of hydrogen-bond acceptors (Lipinski definition) is 6. The monoisotopic (exact) mass is 432 g/mol. The normalized spacial score (nSPS) is 20.9. The molecule has 5 nitrogen and oxygen atoms in total. The molecular formula is C22H32N4OS2. The third-order valence-corrected chi connectivity index (χ3v) is 8.14. The minimum atomic E-state index is 0.227. The zero-order valence-electron chi connectivity index (χ0n) is 17.4. The number of rotatable bonds is 9. The van der Waals surface area contributed by atoms with Crippen molar-refractivity contribution in [2.75, 3.05) is 50.0 Å². The summed E-state index contributed by atoms with van der Waals surface area (Å²) in [5, 5.41) is 1.51. The summed E-state index contributed by atoms with van der Waals surface area (Å²) < 4.78 is 5.98. The number of nitrogens with zero attached hydrogens (tertiary/aromatic N) is 4. The number of benzene rings is 1. The molecule has 2 fully saturated rings. The fourth-order valence-corrected chi connectivity index (χ4v) is 6.25. The molecule has 0 radical (unpaired) electrons. The van der Waals surface area contributed by atoms with E-state index >= 15 is 0 Å². The van der Waals surface area contributed by atoms with Gasteiger partial charge >= 0.3 is 0 Å². The van der Waals surface area contributed by atoms with Crippen LogP contribution in [0.4, 0.5) is 5.82 Å². The molecule has 1 amide bonds. The smallest absolute Gasteiger partial charge is 0.236 e. The lowest BCUT2D eigenvalue weighted by atomic mass is 10.2. The van der Waals surface area contributed by atoms with Crippen LogP contribution in [0.3, 0.4) is 0 Å². The minimum absolute atomic E-state index is 0.227. The van der Waals surface area contributed by atoms with Crippen molar-refractivity contribution in [3.63, 3.8) is 0 Å². The van der Waals surface area contributed by atoms with E-state index in [0.29, 0.717) is 5.91 Å². The lowest BCUT2D eigenvalue weighted by Gasteiger charge is -2.35. The van der Waals surface area contributed by atoms with Crippen molar-refractivity contribution in [1.82, 2.24) is 14.2 Å². The first-order valence-corrected chi connectivity index (χ1v) is 12.8. The molecule has 1 unspecified atom stereocenters. The Morgan fingerprint density at radius 2 is 1.86 bits per heavy atom. The van der Waals surface area contributed by atoms with Gasteiger partial charge in [0.05, 0.1) is 15.8 Å². The molecule has 2 saturated heterocycles. The Labute approximate surface area is 182 Å². The Kier molecular flexibility index (Phi) is 7.32. The molecule has 1 atom stereocenters. The summed E-state index contributed by atoms with van der Waals surface area (Å²) in [6, 6.07) is 8.53. The number of fused-ring (bicyclic) bond motifs is 1. The van der Waals surface area contributed by atoms with Crippen LogP contribution in [0, 0.1) is 0 Å². The van der Waals surface area contributed by atoms with Crippen LogP contribution in [-0.4, -0.2) is 70.5 Å². The Bertz CT molecular complexity index is 803. The highest BCUT2D eigenvalue weighted by Crippen LogP contribution is 2.30. The van der Waals surface area contributed by atoms with E-state index < -0.39 is 0 Å². The number of amides is 1. The largest absolute Gasteiger partial charge is 0.353 e. The topological polar surface area (TPSA) is 39.7 Å². The summed E-state index contributed by atoms with van der Waals surface area (Å²) in [7, 11) is 0. The Morgan fingerprint density at radius 1 is 1.07 bits per heavy atom. The number of thioether (sulfide) groups is 1. The molecule has 4 rings (SSSR count). The van der Waals surface area contributed by atoms with Crippen LogP contribution in [0.25, 0.3) is 10.1 Å². The number of hydrogen-bond donors (Lipinski definition) is 0. The molecule has 2 aromatic rings. The molecule has 29 heavy (non-hydrogen) atoms. The fourth-order valence-electron chi connectivity index (χ4n) is 4.21. The molecular weight excluding hydrogens is 400 g/mol. The van der Waals surface area contributed by atoms with Crippen molar-refractivity contribution in [3.8, 4) is 0 Å². The molecule has 1 aromatic carbocycles. The van der Waals surface area contributed by atoms with E-state index in [-0.39, 0.29) is 5.25 Å². The van der Waals surface area contributed by atoms with E-state index in [9.17, 15) is 4.79 Å². The van der Waals surface area contributed by atoms with E-state index in [0.717, 1.165) is 63.8 Å². The highest BCUT2D eigenvalue weighted by Gasteiger charge is 2.31. The van der Waals surface area contributed by atoms with Crippen LogP contribution in [0.2, 0.25) is 0 Å². The van der Waals surface area contributed by atoms with Crippen molar-refractivity contribution in [1.29, 1.82) is 0 Å². The number of anilines is 1. The van der Waals surface area contributed by atoms with Gasteiger partial charge < -0.3 is 9.80 Å². The van der Waals surface area contributed by atoms with Crippen molar-refractivity contribution >= 4 is 45.1 Å². The summed E-state index contributed by atoms with van der Waals surface area (Å²) in [5.41, 5.74) is 0. The highest BCUT2D eigenvalue weighted by molar-refractivity contribution is 8.01. The zero-order valence-corrected chi connectivity index (χ0v) is 19.0. The number of unbranched alkanes of at least 4 members (excludes halogenated alkanes) is 2. The average molecular weight is 433 g/mol. The average Bonchev–Trinajstić information content (AvgIpc) is 3.34. The van der Waals surface area contributed by atoms with Gasteiger partial charge in [0.15, 0.2) is 0 Å². The summed E-state index contributed by atoms with van der Waals surface area (Å²) in [4.78, 5) is 19.5. The Balaban J connectivity index is 1.15. The predicted molar refractivity (Wildman–Crippen MR) is 125 cm³/mol. The van der Waals surface area contributed by atoms with Crippen molar-refractivity contribution in [3.05, 3.63) is 24.3 Å². The summed E-state index contributed by atoms with van der Waals surface area (Å²) in [5.74, 6) is 2.44. The maximum absolute atomic E-state index is 12.4. The van der Waals surface area contributed by atoms with E-state index in [1.165, 1.54) is 29.3 Å². The lowest BCUT2D eigenvalue weighted by molar-refractivity contribution is -0.128. The molecule has 0 N–H and O–H groups in total. The first-order valence-electron chi connectivity index (χ1n) is 11.0. The van der Waals surface area contributed by atoms with E-state index in [1.807, 2.05) is 11.8 Å². The van der Waals surface area contributed by atoms with Gasteiger partial charge in [0.2, 0.25) is 5.91 Å². The van der Waals surface area contributed by atoms with Crippen LogP contribution < -0.4 is 4.90 Å².